The van der Waals surface area contributed by atoms with Crippen molar-refractivity contribution in [2.75, 3.05) is 31.1 Å². The molecule has 0 atom stereocenters. The fraction of sp³-hybridized carbons (Fsp3) is 0.500. The molecule has 0 bridgehead atoms. The average Bonchev–Trinajstić information content (AvgIpc) is 3.03. The summed E-state index contributed by atoms with van der Waals surface area (Å²) in [5, 5.41) is 10.8. The molecule has 0 radical (unpaired) electrons. The maximum absolute atomic E-state index is 12.1. The maximum Gasteiger partial charge on any atom is 0.410 e. The second-order valence-electron chi connectivity index (χ2n) is 6.83. The molecule has 0 N–H and O–H groups in total. The number of nitrogens with zero attached hydrogens (tertiary/aromatic N) is 5. The third kappa shape index (κ3) is 4.55. The highest BCUT2D eigenvalue weighted by atomic mass is 35.5. The summed E-state index contributed by atoms with van der Waals surface area (Å²) in [4.78, 5) is 20.0. The molecule has 7 nitrogen and oxygen atoms in total. The summed E-state index contributed by atoms with van der Waals surface area (Å²) in [6, 6.07) is 1.58. The van der Waals surface area contributed by atoms with E-state index in [1.807, 2.05) is 20.8 Å². The topological polar surface area (TPSA) is 71.5 Å². The molecule has 3 heterocycles. The summed E-state index contributed by atoms with van der Waals surface area (Å²) in [6.07, 6.45) is 1.31. The van der Waals surface area contributed by atoms with Gasteiger partial charge in [-0.2, -0.15) is 0 Å². The molecule has 2 aromatic rings. The van der Waals surface area contributed by atoms with Crippen LogP contribution in [0, 0.1) is 0 Å². The lowest BCUT2D eigenvalue weighted by atomic mass is 10.2. The Labute approximate surface area is 165 Å². The van der Waals surface area contributed by atoms with E-state index in [1.54, 1.807) is 17.2 Å². The Kier molecular flexibility index (Phi) is 5.55. The van der Waals surface area contributed by atoms with Crippen LogP contribution in [-0.4, -0.2) is 58.0 Å². The number of aromatic nitrogens is 3. The second kappa shape index (κ2) is 7.54. The lowest BCUT2D eigenvalue weighted by Crippen LogP contribution is -2.50. The number of halogens is 2. The number of ether oxygens (including phenoxy) is 1. The van der Waals surface area contributed by atoms with Gasteiger partial charge in [0.05, 0.1) is 5.02 Å². The predicted molar refractivity (Wildman–Crippen MR) is 103 cm³/mol. The number of pyridine rings is 1. The van der Waals surface area contributed by atoms with Gasteiger partial charge in [-0.1, -0.05) is 34.5 Å². The van der Waals surface area contributed by atoms with Crippen LogP contribution in [0.4, 0.5) is 9.93 Å². The van der Waals surface area contributed by atoms with Gasteiger partial charge in [-0.15, -0.1) is 10.2 Å². The molecule has 0 aromatic carbocycles. The van der Waals surface area contributed by atoms with Crippen LogP contribution in [0.15, 0.2) is 12.3 Å². The van der Waals surface area contributed by atoms with Gasteiger partial charge in [0.2, 0.25) is 5.13 Å². The predicted octanol–water partition coefficient (Wildman–Crippen LogP) is 3.96. The van der Waals surface area contributed by atoms with E-state index < -0.39 is 5.60 Å². The Balaban J connectivity index is 1.64. The Hall–Kier alpha value is -1.64. The first-order valence-corrected chi connectivity index (χ1v) is 9.68. The third-order valence-electron chi connectivity index (χ3n) is 3.67. The quantitative estimate of drug-likeness (QED) is 0.690. The summed E-state index contributed by atoms with van der Waals surface area (Å²) >= 11 is 13.5. The van der Waals surface area contributed by atoms with E-state index in [1.165, 1.54) is 11.3 Å². The summed E-state index contributed by atoms with van der Waals surface area (Å²) in [6.45, 7) is 8.07. The van der Waals surface area contributed by atoms with E-state index in [-0.39, 0.29) is 6.09 Å². The van der Waals surface area contributed by atoms with Crippen LogP contribution in [0.1, 0.15) is 20.8 Å². The Bertz CT molecular complexity index is 800. The van der Waals surface area contributed by atoms with Crippen LogP contribution in [0.25, 0.3) is 10.6 Å². The molecule has 2 aromatic heterocycles. The summed E-state index contributed by atoms with van der Waals surface area (Å²) < 4.78 is 5.41. The van der Waals surface area contributed by atoms with Crippen LogP contribution in [0.2, 0.25) is 10.2 Å². The number of piperazine rings is 1. The van der Waals surface area contributed by atoms with Crippen molar-refractivity contribution in [3.05, 3.63) is 22.4 Å². The number of amides is 1. The minimum absolute atomic E-state index is 0.283. The minimum atomic E-state index is -0.492. The fourth-order valence-corrected chi connectivity index (χ4v) is 3.86. The van der Waals surface area contributed by atoms with Crippen molar-refractivity contribution in [1.82, 2.24) is 20.1 Å². The molecule has 26 heavy (non-hydrogen) atoms. The van der Waals surface area contributed by atoms with Crippen molar-refractivity contribution in [2.45, 2.75) is 26.4 Å². The molecule has 1 amide bonds. The van der Waals surface area contributed by atoms with E-state index in [0.717, 1.165) is 5.13 Å². The summed E-state index contributed by atoms with van der Waals surface area (Å²) in [5.74, 6) is 0. The smallest absolute Gasteiger partial charge is 0.410 e. The zero-order valence-electron chi connectivity index (χ0n) is 14.7. The molecule has 1 aliphatic rings. The van der Waals surface area contributed by atoms with Crippen LogP contribution in [0.5, 0.6) is 0 Å². The van der Waals surface area contributed by atoms with Gasteiger partial charge in [0.25, 0.3) is 0 Å². The largest absolute Gasteiger partial charge is 0.444 e. The van der Waals surface area contributed by atoms with E-state index in [9.17, 15) is 4.79 Å². The van der Waals surface area contributed by atoms with E-state index in [4.69, 9.17) is 27.9 Å². The third-order valence-corrected chi connectivity index (χ3v) is 5.20. The van der Waals surface area contributed by atoms with Crippen molar-refractivity contribution >= 4 is 45.8 Å². The van der Waals surface area contributed by atoms with Gasteiger partial charge in [0.15, 0.2) is 5.01 Å². The Morgan fingerprint density at radius 2 is 1.88 bits per heavy atom. The molecule has 0 saturated carbocycles. The maximum atomic E-state index is 12.1. The molecule has 140 valence electrons. The first-order valence-electron chi connectivity index (χ1n) is 8.11. The highest BCUT2D eigenvalue weighted by Crippen LogP contribution is 2.34. The molecule has 0 aliphatic carbocycles. The molecule has 1 saturated heterocycles. The van der Waals surface area contributed by atoms with Gasteiger partial charge < -0.3 is 14.5 Å². The zero-order chi connectivity index (χ0) is 18.9. The highest BCUT2D eigenvalue weighted by molar-refractivity contribution is 7.18. The van der Waals surface area contributed by atoms with E-state index >= 15 is 0 Å². The molecule has 0 spiro atoms. The van der Waals surface area contributed by atoms with Gasteiger partial charge in [0, 0.05) is 37.9 Å². The number of carbonyl (C=O) groups is 1. The number of hydrogen-bond acceptors (Lipinski definition) is 7. The summed E-state index contributed by atoms with van der Waals surface area (Å²) in [7, 11) is 0. The first-order chi connectivity index (χ1) is 12.2. The minimum Gasteiger partial charge on any atom is -0.444 e. The van der Waals surface area contributed by atoms with Gasteiger partial charge in [-0.05, 0) is 26.8 Å². The Morgan fingerprint density at radius 3 is 2.50 bits per heavy atom. The van der Waals surface area contributed by atoms with Crippen molar-refractivity contribution in [1.29, 1.82) is 0 Å². The second-order valence-corrected chi connectivity index (χ2v) is 8.58. The molecule has 0 unspecified atom stereocenters. The molecule has 1 aliphatic heterocycles. The SMILES string of the molecule is CC(C)(C)OC(=O)N1CCN(c2nnc(-c3cnc(Cl)cc3Cl)s2)CC1. The van der Waals surface area contributed by atoms with E-state index in [0.29, 0.717) is 46.9 Å². The number of anilines is 1. The van der Waals surface area contributed by atoms with Gasteiger partial charge in [-0.25, -0.2) is 9.78 Å². The first kappa shape index (κ1) is 19.1. The van der Waals surface area contributed by atoms with Crippen molar-refractivity contribution < 1.29 is 9.53 Å². The van der Waals surface area contributed by atoms with Crippen molar-refractivity contribution in [3.8, 4) is 10.6 Å². The highest BCUT2D eigenvalue weighted by Gasteiger charge is 2.27. The monoisotopic (exact) mass is 415 g/mol. The van der Waals surface area contributed by atoms with Crippen molar-refractivity contribution in [2.24, 2.45) is 0 Å². The van der Waals surface area contributed by atoms with Crippen LogP contribution < -0.4 is 4.90 Å². The Morgan fingerprint density at radius 1 is 1.19 bits per heavy atom. The molecule has 1 fully saturated rings. The van der Waals surface area contributed by atoms with Gasteiger partial charge >= 0.3 is 6.09 Å². The summed E-state index contributed by atoms with van der Waals surface area (Å²) in [5.41, 5.74) is 0.209. The zero-order valence-corrected chi connectivity index (χ0v) is 17.0. The fourth-order valence-electron chi connectivity index (χ4n) is 2.42. The van der Waals surface area contributed by atoms with Crippen LogP contribution >= 0.6 is 34.5 Å². The average molecular weight is 416 g/mol. The number of carbonyl (C=O) groups excluding carboxylic acids is 1. The number of hydrogen-bond donors (Lipinski definition) is 0. The lowest BCUT2D eigenvalue weighted by molar-refractivity contribution is 0.0240. The van der Waals surface area contributed by atoms with Gasteiger partial charge in [-0.3, -0.25) is 0 Å². The molecule has 10 heteroatoms. The van der Waals surface area contributed by atoms with Crippen LogP contribution in [-0.2, 0) is 4.74 Å². The molecular formula is C16H19Cl2N5O2S. The van der Waals surface area contributed by atoms with Crippen molar-refractivity contribution in [3.63, 3.8) is 0 Å². The molecule has 3 rings (SSSR count). The standard InChI is InChI=1S/C16H19Cl2N5O2S/c1-16(2,3)25-15(24)23-6-4-22(5-7-23)14-21-20-13(26-14)10-9-19-12(18)8-11(10)17/h8-9H,4-7H2,1-3H3. The normalized spacial score (nSPS) is 15.3. The number of rotatable bonds is 2. The van der Waals surface area contributed by atoms with E-state index in [2.05, 4.69) is 20.1 Å². The van der Waals surface area contributed by atoms with Crippen LogP contribution in [0.3, 0.4) is 0 Å². The lowest BCUT2D eigenvalue weighted by Gasteiger charge is -2.35. The molecular weight excluding hydrogens is 397 g/mol. The van der Waals surface area contributed by atoms with Gasteiger partial charge in [0.1, 0.15) is 10.8 Å².